The minimum Gasteiger partial charge on any atom is -0.480 e. The van der Waals surface area contributed by atoms with Crippen LogP contribution >= 0.6 is 0 Å². The number of imidazole rings is 1. The summed E-state index contributed by atoms with van der Waals surface area (Å²) in [6.45, 7) is 4.07. The van der Waals surface area contributed by atoms with Gasteiger partial charge >= 0.3 is 5.97 Å². The van der Waals surface area contributed by atoms with Gasteiger partial charge in [-0.05, 0) is 42.2 Å². The van der Waals surface area contributed by atoms with Gasteiger partial charge in [-0.3, -0.25) is 0 Å². The molecule has 0 fully saturated rings. The van der Waals surface area contributed by atoms with Gasteiger partial charge in [-0.1, -0.05) is 31.2 Å². The van der Waals surface area contributed by atoms with Crippen LogP contribution in [0.5, 0.6) is 0 Å². The van der Waals surface area contributed by atoms with E-state index < -0.39 is 12.0 Å². The number of oxazole rings is 1. The van der Waals surface area contributed by atoms with Crippen LogP contribution in [-0.4, -0.2) is 32.1 Å². The second-order valence-corrected chi connectivity index (χ2v) is 7.96. The SMILES string of the molecule is CCc1cc(F)cc(C)c1NC(Cc1ccc(-c2cnc(CNc3ncc[nH]3)o2)cc1)C(=O)O. The third-order valence-corrected chi connectivity index (χ3v) is 5.52. The van der Waals surface area contributed by atoms with Crippen molar-refractivity contribution in [2.75, 3.05) is 10.6 Å². The van der Waals surface area contributed by atoms with Gasteiger partial charge in [0.2, 0.25) is 11.8 Å². The number of hydrogen-bond acceptors (Lipinski definition) is 6. The predicted molar refractivity (Wildman–Crippen MR) is 127 cm³/mol. The fraction of sp³-hybridized carbons (Fsp3) is 0.240. The molecular formula is C25H26FN5O3. The van der Waals surface area contributed by atoms with E-state index in [2.05, 4.69) is 25.6 Å². The van der Waals surface area contributed by atoms with Crippen LogP contribution in [0, 0.1) is 12.7 Å². The molecular weight excluding hydrogens is 437 g/mol. The van der Waals surface area contributed by atoms with Crippen LogP contribution in [0.25, 0.3) is 11.3 Å². The smallest absolute Gasteiger partial charge is 0.326 e. The van der Waals surface area contributed by atoms with Gasteiger partial charge in [-0.25, -0.2) is 19.2 Å². The fourth-order valence-corrected chi connectivity index (χ4v) is 3.76. The number of rotatable bonds is 10. The van der Waals surface area contributed by atoms with E-state index in [-0.39, 0.29) is 12.2 Å². The molecule has 176 valence electrons. The van der Waals surface area contributed by atoms with Crippen LogP contribution in [-0.2, 0) is 24.2 Å². The first-order valence-electron chi connectivity index (χ1n) is 11.0. The third kappa shape index (κ3) is 5.43. The summed E-state index contributed by atoms with van der Waals surface area (Å²) < 4.78 is 19.6. The number of aromatic amines is 1. The number of aryl methyl sites for hydroxylation is 2. The number of halogens is 1. The Morgan fingerprint density at radius 1 is 1.24 bits per heavy atom. The molecule has 4 rings (SSSR count). The Kier molecular flexibility index (Phi) is 6.91. The Bertz CT molecular complexity index is 1250. The molecule has 2 aromatic carbocycles. The summed E-state index contributed by atoms with van der Waals surface area (Å²) in [7, 11) is 0. The van der Waals surface area contributed by atoms with Crippen molar-refractivity contribution >= 4 is 17.6 Å². The lowest BCUT2D eigenvalue weighted by molar-refractivity contribution is -0.137. The minimum atomic E-state index is -0.973. The number of carboxylic acids is 1. The summed E-state index contributed by atoms with van der Waals surface area (Å²) in [5, 5.41) is 16.0. The molecule has 9 heteroatoms. The largest absolute Gasteiger partial charge is 0.480 e. The third-order valence-electron chi connectivity index (χ3n) is 5.52. The number of nitrogens with zero attached hydrogens (tertiary/aromatic N) is 2. The van der Waals surface area contributed by atoms with Crippen LogP contribution in [0.15, 0.2) is 59.4 Å². The highest BCUT2D eigenvalue weighted by atomic mass is 19.1. The lowest BCUT2D eigenvalue weighted by Crippen LogP contribution is -2.32. The van der Waals surface area contributed by atoms with Crippen molar-refractivity contribution < 1.29 is 18.7 Å². The molecule has 1 atom stereocenters. The van der Waals surface area contributed by atoms with E-state index in [0.29, 0.717) is 41.8 Å². The number of benzene rings is 2. The van der Waals surface area contributed by atoms with Crippen molar-refractivity contribution in [1.29, 1.82) is 0 Å². The van der Waals surface area contributed by atoms with E-state index in [1.165, 1.54) is 12.1 Å². The van der Waals surface area contributed by atoms with E-state index in [9.17, 15) is 14.3 Å². The average Bonchev–Trinajstić information content (AvgIpc) is 3.51. The lowest BCUT2D eigenvalue weighted by Gasteiger charge is -2.20. The van der Waals surface area contributed by atoms with Gasteiger partial charge in [0.15, 0.2) is 5.76 Å². The van der Waals surface area contributed by atoms with Crippen molar-refractivity contribution in [1.82, 2.24) is 15.0 Å². The molecule has 0 saturated carbocycles. The van der Waals surface area contributed by atoms with Gasteiger partial charge in [0, 0.05) is 30.1 Å². The van der Waals surface area contributed by atoms with Gasteiger partial charge in [0.25, 0.3) is 0 Å². The van der Waals surface area contributed by atoms with Crippen molar-refractivity contribution in [2.45, 2.75) is 39.3 Å². The van der Waals surface area contributed by atoms with Crippen molar-refractivity contribution in [3.63, 3.8) is 0 Å². The first-order chi connectivity index (χ1) is 16.4. The fourth-order valence-electron chi connectivity index (χ4n) is 3.76. The highest BCUT2D eigenvalue weighted by Gasteiger charge is 2.20. The summed E-state index contributed by atoms with van der Waals surface area (Å²) in [4.78, 5) is 23.3. The number of carboxylic acid groups (broad SMARTS) is 1. The van der Waals surface area contributed by atoms with Crippen LogP contribution in [0.3, 0.4) is 0 Å². The molecule has 0 saturated heterocycles. The number of carbonyl (C=O) groups is 1. The predicted octanol–water partition coefficient (Wildman–Crippen LogP) is 4.79. The maximum atomic E-state index is 13.8. The monoisotopic (exact) mass is 463 g/mol. The molecule has 2 aromatic heterocycles. The molecule has 0 aliphatic heterocycles. The highest BCUT2D eigenvalue weighted by Crippen LogP contribution is 2.26. The second kappa shape index (κ2) is 10.2. The zero-order chi connectivity index (χ0) is 24.1. The molecule has 4 aromatic rings. The molecule has 0 bridgehead atoms. The first-order valence-corrected chi connectivity index (χ1v) is 11.0. The van der Waals surface area contributed by atoms with E-state index in [4.69, 9.17) is 4.42 Å². The summed E-state index contributed by atoms with van der Waals surface area (Å²) >= 11 is 0. The maximum Gasteiger partial charge on any atom is 0.326 e. The summed E-state index contributed by atoms with van der Waals surface area (Å²) in [6, 6.07) is 9.48. The van der Waals surface area contributed by atoms with Gasteiger partial charge in [0.05, 0.1) is 12.7 Å². The standard InChI is InChI=1S/C25H26FN5O3/c1-3-17-12-19(26)10-15(2)23(17)31-20(24(32)33)11-16-4-6-18(7-5-16)21-13-29-22(34-21)14-30-25-27-8-9-28-25/h4-10,12-13,20,31H,3,11,14H2,1-2H3,(H,32,33)(H2,27,28,30). The van der Waals surface area contributed by atoms with Gasteiger partial charge in [-0.2, -0.15) is 0 Å². The van der Waals surface area contributed by atoms with Crippen molar-refractivity contribution in [2.24, 2.45) is 0 Å². The normalized spacial score (nSPS) is 11.9. The molecule has 8 nitrogen and oxygen atoms in total. The van der Waals surface area contributed by atoms with E-state index >= 15 is 0 Å². The molecule has 4 N–H and O–H groups in total. The maximum absolute atomic E-state index is 13.8. The number of aliphatic carboxylic acids is 1. The molecule has 0 radical (unpaired) electrons. The lowest BCUT2D eigenvalue weighted by atomic mass is 10.0. The van der Waals surface area contributed by atoms with Gasteiger partial charge in [-0.15, -0.1) is 0 Å². The Labute approximate surface area is 196 Å². The number of anilines is 2. The zero-order valence-corrected chi connectivity index (χ0v) is 18.9. The molecule has 34 heavy (non-hydrogen) atoms. The Hall–Kier alpha value is -4.14. The molecule has 0 spiro atoms. The zero-order valence-electron chi connectivity index (χ0n) is 18.9. The number of aromatic nitrogens is 3. The molecule has 0 amide bonds. The quantitative estimate of drug-likeness (QED) is 0.267. The van der Waals surface area contributed by atoms with E-state index in [1.54, 1.807) is 25.5 Å². The van der Waals surface area contributed by atoms with Crippen LogP contribution in [0.1, 0.15) is 29.5 Å². The minimum absolute atomic E-state index is 0.268. The second-order valence-electron chi connectivity index (χ2n) is 7.96. The Morgan fingerprint density at radius 3 is 2.71 bits per heavy atom. The summed E-state index contributed by atoms with van der Waals surface area (Å²) in [5.41, 5.74) is 3.79. The van der Waals surface area contributed by atoms with Crippen LogP contribution in [0.4, 0.5) is 16.0 Å². The average molecular weight is 464 g/mol. The number of hydrogen-bond donors (Lipinski definition) is 4. The topological polar surface area (TPSA) is 116 Å². The van der Waals surface area contributed by atoms with Crippen LogP contribution in [0.2, 0.25) is 0 Å². The molecule has 0 aliphatic rings. The summed E-state index contributed by atoms with van der Waals surface area (Å²) in [6.07, 6.45) is 5.89. The van der Waals surface area contributed by atoms with Crippen LogP contribution < -0.4 is 10.6 Å². The molecule has 0 aliphatic carbocycles. The van der Waals surface area contributed by atoms with E-state index in [1.807, 2.05) is 31.2 Å². The number of nitrogens with one attached hydrogen (secondary N) is 3. The summed E-state index contributed by atoms with van der Waals surface area (Å²) in [5.74, 6) is 0.471. The van der Waals surface area contributed by atoms with Crippen molar-refractivity contribution in [3.05, 3.63) is 83.4 Å². The van der Waals surface area contributed by atoms with Crippen molar-refractivity contribution in [3.8, 4) is 11.3 Å². The van der Waals surface area contributed by atoms with Gasteiger partial charge < -0.3 is 25.1 Å². The highest BCUT2D eigenvalue weighted by molar-refractivity contribution is 5.79. The van der Waals surface area contributed by atoms with Gasteiger partial charge in [0.1, 0.15) is 11.9 Å². The first kappa shape index (κ1) is 23.0. The van der Waals surface area contributed by atoms with E-state index in [0.717, 1.165) is 16.7 Å². The Balaban J connectivity index is 1.43. The number of H-pyrrole nitrogens is 1. The molecule has 2 heterocycles. The Morgan fingerprint density at radius 2 is 2.03 bits per heavy atom. The molecule has 1 unspecified atom stereocenters.